The Bertz CT molecular complexity index is 489. The third kappa shape index (κ3) is 4.32. The Hall–Kier alpha value is -1.39. The van der Waals surface area contributed by atoms with Crippen LogP contribution < -0.4 is 11.1 Å². The van der Waals surface area contributed by atoms with Gasteiger partial charge in [0.25, 0.3) is 0 Å². The van der Waals surface area contributed by atoms with Crippen molar-refractivity contribution in [2.24, 2.45) is 5.73 Å². The number of amides is 1. The number of rotatable bonds is 6. The van der Waals surface area contributed by atoms with E-state index in [2.05, 4.69) is 5.32 Å². The van der Waals surface area contributed by atoms with Crippen LogP contribution in [0.3, 0.4) is 0 Å². The molecule has 1 amide bonds. The topological polar surface area (TPSA) is 72.2 Å². The maximum atomic E-state index is 12.0. The maximum Gasteiger partial charge on any atom is 0.220 e. The van der Waals surface area contributed by atoms with Gasteiger partial charge in [-0.1, -0.05) is 12.1 Å². The van der Waals surface area contributed by atoms with Crippen molar-refractivity contribution in [3.05, 3.63) is 34.9 Å². The van der Waals surface area contributed by atoms with Gasteiger partial charge in [0.15, 0.2) is 5.78 Å². The Balaban J connectivity index is 0.00000200. The van der Waals surface area contributed by atoms with Crippen molar-refractivity contribution in [3.63, 3.8) is 0 Å². The van der Waals surface area contributed by atoms with Gasteiger partial charge in [0.2, 0.25) is 5.91 Å². The molecule has 3 N–H and O–H groups in total. The fourth-order valence-corrected chi connectivity index (χ4v) is 2.42. The minimum Gasteiger partial charge on any atom is -0.355 e. The van der Waals surface area contributed by atoms with E-state index < -0.39 is 0 Å². The molecular formula is C15H21ClN2O2. The summed E-state index contributed by atoms with van der Waals surface area (Å²) in [5, 5.41) is 2.66. The number of hydrogen-bond donors (Lipinski definition) is 2. The average molecular weight is 297 g/mol. The van der Waals surface area contributed by atoms with Gasteiger partial charge in [0.1, 0.15) is 0 Å². The van der Waals surface area contributed by atoms with Crippen molar-refractivity contribution in [2.45, 2.75) is 32.1 Å². The quantitative estimate of drug-likeness (QED) is 0.784. The van der Waals surface area contributed by atoms with Crippen LogP contribution in [0.4, 0.5) is 0 Å². The SMILES string of the molecule is Cl.NCCNC(=O)CCC(=O)c1ccc2c(c1)CCC2. The molecule has 0 fully saturated rings. The molecule has 1 aromatic carbocycles. The number of nitrogens with one attached hydrogen (secondary N) is 1. The van der Waals surface area contributed by atoms with Gasteiger partial charge in [-0.2, -0.15) is 0 Å². The first-order chi connectivity index (χ1) is 9.20. The maximum absolute atomic E-state index is 12.0. The first-order valence-corrected chi connectivity index (χ1v) is 6.82. The summed E-state index contributed by atoms with van der Waals surface area (Å²) < 4.78 is 0. The Morgan fingerprint density at radius 1 is 1.15 bits per heavy atom. The van der Waals surface area contributed by atoms with E-state index in [0.717, 1.165) is 18.4 Å². The van der Waals surface area contributed by atoms with Crippen molar-refractivity contribution >= 4 is 24.1 Å². The number of Topliss-reactive ketones (excluding diaryl/α,β-unsaturated/α-hetero) is 1. The minimum atomic E-state index is -0.111. The molecule has 0 unspecified atom stereocenters. The van der Waals surface area contributed by atoms with Crippen molar-refractivity contribution in [3.8, 4) is 0 Å². The summed E-state index contributed by atoms with van der Waals surface area (Å²) in [5.74, 6) is -0.0717. The van der Waals surface area contributed by atoms with Gasteiger partial charge in [-0.15, -0.1) is 12.4 Å². The lowest BCUT2D eigenvalue weighted by atomic mass is 10.0. The minimum absolute atomic E-state index is 0. The Morgan fingerprint density at radius 2 is 1.90 bits per heavy atom. The monoisotopic (exact) mass is 296 g/mol. The Labute approximate surface area is 125 Å². The van der Waals surface area contributed by atoms with Crippen molar-refractivity contribution in [1.82, 2.24) is 5.32 Å². The lowest BCUT2D eigenvalue weighted by molar-refractivity contribution is -0.121. The van der Waals surface area contributed by atoms with Gasteiger partial charge in [-0.25, -0.2) is 0 Å². The van der Waals surface area contributed by atoms with Crippen LogP contribution in [0.2, 0.25) is 0 Å². The van der Waals surface area contributed by atoms with Crippen LogP contribution in [0.1, 0.15) is 40.7 Å². The molecule has 1 aliphatic rings. The summed E-state index contributed by atoms with van der Waals surface area (Å²) in [5.41, 5.74) is 8.67. The van der Waals surface area contributed by atoms with Gasteiger partial charge in [-0.3, -0.25) is 9.59 Å². The number of fused-ring (bicyclic) bond motifs is 1. The number of aryl methyl sites for hydroxylation is 2. The number of nitrogens with two attached hydrogens (primary N) is 1. The number of hydrogen-bond acceptors (Lipinski definition) is 3. The highest BCUT2D eigenvalue weighted by molar-refractivity contribution is 5.98. The Kier molecular flexibility index (Phi) is 6.68. The zero-order chi connectivity index (χ0) is 13.7. The van der Waals surface area contributed by atoms with Crippen LogP contribution in [0.5, 0.6) is 0 Å². The van der Waals surface area contributed by atoms with E-state index in [1.54, 1.807) is 0 Å². The summed E-state index contributed by atoms with van der Waals surface area (Å²) in [7, 11) is 0. The zero-order valence-corrected chi connectivity index (χ0v) is 12.3. The van der Waals surface area contributed by atoms with E-state index in [-0.39, 0.29) is 36.9 Å². The van der Waals surface area contributed by atoms with E-state index in [4.69, 9.17) is 5.73 Å². The van der Waals surface area contributed by atoms with Gasteiger partial charge < -0.3 is 11.1 Å². The molecule has 1 aliphatic carbocycles. The number of halogens is 1. The predicted molar refractivity (Wildman–Crippen MR) is 81.3 cm³/mol. The standard InChI is InChI=1S/C15H20N2O2.ClH/c16-8-9-17-15(19)7-6-14(18)13-5-4-11-2-1-3-12(11)10-13;/h4-5,10H,1-3,6-9,16H2,(H,17,19);1H. The normalized spacial score (nSPS) is 12.4. The molecule has 0 heterocycles. The van der Waals surface area contributed by atoms with E-state index in [1.165, 1.54) is 17.5 Å². The molecule has 20 heavy (non-hydrogen) atoms. The van der Waals surface area contributed by atoms with Crippen molar-refractivity contribution in [2.75, 3.05) is 13.1 Å². The second-order valence-electron chi connectivity index (χ2n) is 4.90. The summed E-state index contributed by atoms with van der Waals surface area (Å²) in [6, 6.07) is 5.91. The van der Waals surface area contributed by atoms with Crippen molar-refractivity contribution < 1.29 is 9.59 Å². The molecular weight excluding hydrogens is 276 g/mol. The molecule has 0 bridgehead atoms. The van der Waals surface area contributed by atoms with Crippen LogP contribution >= 0.6 is 12.4 Å². The van der Waals surface area contributed by atoms with E-state index >= 15 is 0 Å². The molecule has 110 valence electrons. The summed E-state index contributed by atoms with van der Waals surface area (Å²) in [6.45, 7) is 0.885. The van der Waals surface area contributed by atoms with Gasteiger partial charge in [-0.05, 0) is 36.5 Å². The molecule has 0 saturated heterocycles. The molecule has 0 radical (unpaired) electrons. The summed E-state index contributed by atoms with van der Waals surface area (Å²) in [6.07, 6.45) is 3.85. The molecule has 5 heteroatoms. The largest absolute Gasteiger partial charge is 0.355 e. The first-order valence-electron chi connectivity index (χ1n) is 6.82. The molecule has 0 atom stereocenters. The lowest BCUT2D eigenvalue weighted by Gasteiger charge is -2.05. The fraction of sp³-hybridized carbons (Fsp3) is 0.467. The first kappa shape index (κ1) is 16.7. The highest BCUT2D eigenvalue weighted by Crippen LogP contribution is 2.23. The zero-order valence-electron chi connectivity index (χ0n) is 11.5. The second kappa shape index (κ2) is 8.02. The third-order valence-corrected chi connectivity index (χ3v) is 3.47. The lowest BCUT2D eigenvalue weighted by Crippen LogP contribution is -2.29. The number of ketones is 1. The van der Waals surface area contributed by atoms with E-state index in [0.29, 0.717) is 13.1 Å². The van der Waals surface area contributed by atoms with Crippen molar-refractivity contribution in [1.29, 1.82) is 0 Å². The van der Waals surface area contributed by atoms with E-state index in [9.17, 15) is 9.59 Å². The van der Waals surface area contributed by atoms with Gasteiger partial charge >= 0.3 is 0 Å². The molecule has 0 aromatic heterocycles. The van der Waals surface area contributed by atoms with Gasteiger partial charge in [0.05, 0.1) is 0 Å². The predicted octanol–water partition coefficient (Wildman–Crippen LogP) is 1.63. The number of benzene rings is 1. The summed E-state index contributed by atoms with van der Waals surface area (Å²) >= 11 is 0. The molecule has 2 rings (SSSR count). The van der Waals surface area contributed by atoms with Crippen LogP contribution in [0, 0.1) is 0 Å². The highest BCUT2D eigenvalue weighted by atomic mass is 35.5. The summed E-state index contributed by atoms with van der Waals surface area (Å²) in [4.78, 5) is 23.4. The molecule has 4 nitrogen and oxygen atoms in total. The second-order valence-corrected chi connectivity index (χ2v) is 4.90. The van der Waals surface area contributed by atoms with Crippen LogP contribution in [0.15, 0.2) is 18.2 Å². The molecule has 1 aromatic rings. The Morgan fingerprint density at radius 3 is 2.65 bits per heavy atom. The number of carbonyl (C=O) groups is 2. The third-order valence-electron chi connectivity index (χ3n) is 3.47. The smallest absolute Gasteiger partial charge is 0.220 e. The van der Waals surface area contributed by atoms with E-state index in [1.807, 2.05) is 18.2 Å². The molecule has 0 saturated carbocycles. The van der Waals surface area contributed by atoms with Crippen LogP contribution in [-0.2, 0) is 17.6 Å². The molecule has 0 aliphatic heterocycles. The fourth-order valence-electron chi connectivity index (χ4n) is 2.42. The van der Waals surface area contributed by atoms with Crippen LogP contribution in [-0.4, -0.2) is 24.8 Å². The molecule has 0 spiro atoms. The highest BCUT2D eigenvalue weighted by Gasteiger charge is 2.14. The van der Waals surface area contributed by atoms with Crippen LogP contribution in [0.25, 0.3) is 0 Å². The van der Waals surface area contributed by atoms with Gasteiger partial charge in [0, 0.05) is 31.5 Å². The average Bonchev–Trinajstić information content (AvgIpc) is 2.89. The number of carbonyl (C=O) groups excluding carboxylic acids is 2.